The zero-order chi connectivity index (χ0) is 15.6. The normalized spacial score (nSPS) is 21.8. The highest BCUT2D eigenvalue weighted by molar-refractivity contribution is 5.62. The van der Waals surface area contributed by atoms with Gasteiger partial charge in [0.05, 0.1) is 11.0 Å². The van der Waals surface area contributed by atoms with Crippen molar-refractivity contribution in [1.29, 1.82) is 0 Å². The van der Waals surface area contributed by atoms with Crippen LogP contribution in [0.1, 0.15) is 26.7 Å². The molecule has 0 aromatic heterocycles. The Morgan fingerprint density at radius 2 is 2.14 bits per heavy atom. The van der Waals surface area contributed by atoms with Gasteiger partial charge in [-0.25, -0.2) is 8.78 Å². The topological polar surface area (TPSA) is 55.2 Å². The number of halogens is 2. The van der Waals surface area contributed by atoms with Gasteiger partial charge in [0.2, 0.25) is 0 Å². The third kappa shape index (κ3) is 3.77. The van der Waals surface area contributed by atoms with Crippen molar-refractivity contribution >= 4 is 11.4 Å². The van der Waals surface area contributed by atoms with E-state index in [-0.39, 0.29) is 11.6 Å². The number of nitrogens with zero attached hydrogens (tertiary/aromatic N) is 1. The van der Waals surface area contributed by atoms with Crippen LogP contribution in [0.5, 0.6) is 0 Å². The van der Waals surface area contributed by atoms with Crippen LogP contribution in [0.4, 0.5) is 20.2 Å². The second-order valence-electron chi connectivity index (χ2n) is 5.72. The largest absolute Gasteiger partial charge is 0.377 e. The van der Waals surface area contributed by atoms with E-state index in [1.807, 2.05) is 6.92 Å². The van der Waals surface area contributed by atoms with E-state index in [0.29, 0.717) is 18.5 Å². The molecule has 0 bridgehead atoms. The van der Waals surface area contributed by atoms with E-state index in [4.69, 9.17) is 0 Å². The lowest BCUT2D eigenvalue weighted by atomic mass is 9.83. The number of anilines is 1. The number of nitrogens with one attached hydrogen (secondary N) is 1. The van der Waals surface area contributed by atoms with Gasteiger partial charge in [-0.15, -0.1) is 0 Å². The smallest absolute Gasteiger partial charge is 0.298 e. The second kappa shape index (κ2) is 6.20. The number of hydrogen-bond acceptors (Lipinski definition) is 3. The first-order chi connectivity index (χ1) is 9.86. The van der Waals surface area contributed by atoms with Gasteiger partial charge in [-0.05, 0) is 31.6 Å². The third-order valence-electron chi connectivity index (χ3n) is 3.68. The SMILES string of the molecule is CC1=CC(C)CC(CNc2c(F)cc(F)cc2[N+](=O)[O-])C1. The molecular weight excluding hydrogens is 278 g/mol. The zero-order valence-corrected chi connectivity index (χ0v) is 12.0. The van der Waals surface area contributed by atoms with Gasteiger partial charge in [-0.2, -0.15) is 0 Å². The Hall–Kier alpha value is -1.98. The molecule has 4 nitrogen and oxygen atoms in total. The molecule has 114 valence electrons. The zero-order valence-electron chi connectivity index (χ0n) is 12.0. The van der Waals surface area contributed by atoms with Crippen LogP contribution in [0.2, 0.25) is 0 Å². The number of rotatable bonds is 4. The molecule has 2 atom stereocenters. The maximum absolute atomic E-state index is 13.8. The summed E-state index contributed by atoms with van der Waals surface area (Å²) in [6, 6.07) is 1.39. The number of benzene rings is 1. The average molecular weight is 296 g/mol. The molecule has 0 aliphatic heterocycles. The van der Waals surface area contributed by atoms with Gasteiger partial charge in [0.15, 0.2) is 5.82 Å². The molecule has 0 heterocycles. The Morgan fingerprint density at radius 3 is 2.76 bits per heavy atom. The van der Waals surface area contributed by atoms with Crippen LogP contribution >= 0.6 is 0 Å². The van der Waals surface area contributed by atoms with E-state index < -0.39 is 22.2 Å². The molecule has 0 spiro atoms. The predicted molar refractivity (Wildman–Crippen MR) is 77.1 cm³/mol. The van der Waals surface area contributed by atoms with Crippen LogP contribution in [0.3, 0.4) is 0 Å². The van der Waals surface area contributed by atoms with Gasteiger partial charge in [-0.1, -0.05) is 18.6 Å². The molecule has 1 aliphatic carbocycles. The Morgan fingerprint density at radius 1 is 1.43 bits per heavy atom. The number of allylic oxidation sites excluding steroid dienone is 2. The molecule has 0 fully saturated rings. The van der Waals surface area contributed by atoms with E-state index in [1.165, 1.54) is 5.57 Å². The van der Waals surface area contributed by atoms with Crippen molar-refractivity contribution in [3.63, 3.8) is 0 Å². The first kappa shape index (κ1) is 15.4. The molecule has 0 saturated heterocycles. The molecule has 6 heteroatoms. The van der Waals surface area contributed by atoms with Crippen molar-refractivity contribution < 1.29 is 13.7 Å². The molecule has 0 amide bonds. The lowest BCUT2D eigenvalue weighted by Gasteiger charge is -2.26. The van der Waals surface area contributed by atoms with Crippen molar-refractivity contribution in [3.8, 4) is 0 Å². The minimum atomic E-state index is -0.949. The molecule has 2 rings (SSSR count). The molecule has 1 aromatic carbocycles. The van der Waals surface area contributed by atoms with Crippen LogP contribution in [0.15, 0.2) is 23.8 Å². The van der Waals surface area contributed by atoms with Crippen molar-refractivity contribution in [2.24, 2.45) is 11.8 Å². The predicted octanol–water partition coefficient (Wildman–Crippen LogP) is 4.28. The summed E-state index contributed by atoms with van der Waals surface area (Å²) >= 11 is 0. The van der Waals surface area contributed by atoms with Crippen molar-refractivity contribution in [2.75, 3.05) is 11.9 Å². The summed E-state index contributed by atoms with van der Waals surface area (Å²) in [5.74, 6) is -1.15. The van der Waals surface area contributed by atoms with E-state index >= 15 is 0 Å². The Bertz CT molecular complexity index is 587. The third-order valence-corrected chi connectivity index (χ3v) is 3.68. The maximum atomic E-state index is 13.8. The van der Waals surface area contributed by atoms with E-state index in [2.05, 4.69) is 18.3 Å². The minimum Gasteiger partial charge on any atom is -0.377 e. The van der Waals surface area contributed by atoms with E-state index in [0.717, 1.165) is 18.9 Å². The molecule has 0 radical (unpaired) electrons. The van der Waals surface area contributed by atoms with E-state index in [1.54, 1.807) is 0 Å². The number of nitro benzene ring substituents is 1. The second-order valence-corrected chi connectivity index (χ2v) is 5.72. The quantitative estimate of drug-likeness (QED) is 0.512. The summed E-state index contributed by atoms with van der Waals surface area (Å²) in [5.41, 5.74) is 0.472. The molecular formula is C15H18F2N2O2. The summed E-state index contributed by atoms with van der Waals surface area (Å²) in [7, 11) is 0. The first-order valence-corrected chi connectivity index (χ1v) is 6.91. The molecule has 0 saturated carbocycles. The number of hydrogen-bond donors (Lipinski definition) is 1. The monoisotopic (exact) mass is 296 g/mol. The lowest BCUT2D eigenvalue weighted by Crippen LogP contribution is -2.21. The minimum absolute atomic E-state index is 0.235. The maximum Gasteiger partial charge on any atom is 0.298 e. The summed E-state index contributed by atoms with van der Waals surface area (Å²) in [5, 5.41) is 13.7. The Balaban J connectivity index is 2.13. The van der Waals surface area contributed by atoms with Crippen molar-refractivity contribution in [3.05, 3.63) is 45.5 Å². The fourth-order valence-corrected chi connectivity index (χ4v) is 2.97. The summed E-state index contributed by atoms with van der Waals surface area (Å²) < 4.78 is 26.8. The van der Waals surface area contributed by atoms with Crippen LogP contribution in [-0.4, -0.2) is 11.5 Å². The highest BCUT2D eigenvalue weighted by Crippen LogP contribution is 2.31. The number of nitro groups is 1. The fourth-order valence-electron chi connectivity index (χ4n) is 2.97. The Labute approximate surface area is 122 Å². The van der Waals surface area contributed by atoms with Gasteiger partial charge in [0.1, 0.15) is 11.5 Å². The highest BCUT2D eigenvalue weighted by Gasteiger charge is 2.23. The highest BCUT2D eigenvalue weighted by atomic mass is 19.1. The molecule has 1 aromatic rings. The van der Waals surface area contributed by atoms with Gasteiger partial charge in [0, 0.05) is 12.6 Å². The summed E-state index contributed by atoms with van der Waals surface area (Å²) in [6.07, 6.45) is 4.03. The lowest BCUT2D eigenvalue weighted by molar-refractivity contribution is -0.384. The Kier molecular flexibility index (Phi) is 4.55. The fraction of sp³-hybridized carbons (Fsp3) is 0.467. The van der Waals surface area contributed by atoms with Crippen LogP contribution in [-0.2, 0) is 0 Å². The van der Waals surface area contributed by atoms with Gasteiger partial charge < -0.3 is 5.32 Å². The molecule has 21 heavy (non-hydrogen) atoms. The first-order valence-electron chi connectivity index (χ1n) is 6.91. The van der Waals surface area contributed by atoms with Gasteiger partial charge in [0.25, 0.3) is 5.69 Å². The van der Waals surface area contributed by atoms with Crippen LogP contribution in [0.25, 0.3) is 0 Å². The molecule has 1 aliphatic rings. The van der Waals surface area contributed by atoms with E-state index in [9.17, 15) is 18.9 Å². The average Bonchev–Trinajstić information content (AvgIpc) is 2.35. The van der Waals surface area contributed by atoms with Crippen molar-refractivity contribution in [2.45, 2.75) is 26.7 Å². The van der Waals surface area contributed by atoms with Gasteiger partial charge in [-0.3, -0.25) is 10.1 Å². The van der Waals surface area contributed by atoms with Crippen LogP contribution < -0.4 is 5.32 Å². The van der Waals surface area contributed by atoms with Crippen molar-refractivity contribution in [1.82, 2.24) is 0 Å². The molecule has 1 N–H and O–H groups in total. The summed E-state index contributed by atoms with van der Waals surface area (Å²) in [4.78, 5) is 10.1. The molecule has 2 unspecified atom stereocenters. The summed E-state index contributed by atoms with van der Waals surface area (Å²) in [6.45, 7) is 4.58. The van der Waals surface area contributed by atoms with Gasteiger partial charge >= 0.3 is 0 Å². The van der Waals surface area contributed by atoms with Crippen LogP contribution in [0, 0.1) is 33.6 Å². The standard InChI is InChI=1S/C15H18F2N2O2/c1-9-3-10(2)5-11(4-9)8-18-15-13(17)6-12(16)7-14(15)19(20)21/h3,6-7,9,11,18H,4-5,8H2,1-2H3.